The van der Waals surface area contributed by atoms with Gasteiger partial charge >= 0.3 is 0 Å². The molecule has 0 saturated carbocycles. The SMILES string of the molecule is CC[C@@H](N)C(=O)Nc1cnn(CCOC)c1. The van der Waals surface area contributed by atoms with Crippen molar-refractivity contribution in [2.45, 2.75) is 25.9 Å². The van der Waals surface area contributed by atoms with Crippen molar-refractivity contribution in [3.05, 3.63) is 12.4 Å². The lowest BCUT2D eigenvalue weighted by atomic mass is 10.2. The van der Waals surface area contributed by atoms with Gasteiger partial charge in [-0.1, -0.05) is 6.92 Å². The summed E-state index contributed by atoms with van der Waals surface area (Å²) in [6.07, 6.45) is 3.96. The molecule has 0 aliphatic rings. The van der Waals surface area contributed by atoms with Crippen LogP contribution in [-0.2, 0) is 16.1 Å². The summed E-state index contributed by atoms with van der Waals surface area (Å²) in [5.74, 6) is -0.186. The number of anilines is 1. The summed E-state index contributed by atoms with van der Waals surface area (Å²) in [5, 5.41) is 6.77. The Bertz CT molecular complexity index is 337. The lowest BCUT2D eigenvalue weighted by Crippen LogP contribution is -2.34. The molecule has 0 aliphatic heterocycles. The fourth-order valence-electron chi connectivity index (χ4n) is 1.16. The summed E-state index contributed by atoms with van der Waals surface area (Å²) in [5.41, 5.74) is 6.25. The molecule has 6 heteroatoms. The highest BCUT2D eigenvalue weighted by Gasteiger charge is 2.11. The number of hydrogen-bond acceptors (Lipinski definition) is 4. The van der Waals surface area contributed by atoms with Crippen LogP contribution in [0.25, 0.3) is 0 Å². The molecule has 0 unspecified atom stereocenters. The second kappa shape index (κ2) is 6.24. The summed E-state index contributed by atoms with van der Waals surface area (Å²) >= 11 is 0. The highest BCUT2D eigenvalue weighted by Crippen LogP contribution is 2.05. The van der Waals surface area contributed by atoms with Gasteiger partial charge in [0.2, 0.25) is 5.91 Å². The number of hydrogen-bond donors (Lipinski definition) is 2. The number of rotatable bonds is 6. The summed E-state index contributed by atoms with van der Waals surface area (Å²) in [6, 6.07) is -0.470. The lowest BCUT2D eigenvalue weighted by Gasteiger charge is -2.07. The molecule has 3 N–H and O–H groups in total. The van der Waals surface area contributed by atoms with Gasteiger partial charge in [0, 0.05) is 13.3 Å². The zero-order chi connectivity index (χ0) is 12.0. The van der Waals surface area contributed by atoms with E-state index in [0.29, 0.717) is 25.3 Å². The Hall–Kier alpha value is -1.40. The molecule has 6 nitrogen and oxygen atoms in total. The highest BCUT2D eigenvalue weighted by molar-refractivity contribution is 5.94. The molecule has 0 saturated heterocycles. The quantitative estimate of drug-likeness (QED) is 0.726. The fourth-order valence-corrected chi connectivity index (χ4v) is 1.16. The molecular formula is C10H18N4O2. The van der Waals surface area contributed by atoms with Crippen molar-refractivity contribution >= 4 is 11.6 Å². The zero-order valence-electron chi connectivity index (χ0n) is 9.64. The number of amides is 1. The van der Waals surface area contributed by atoms with Crippen LogP contribution in [0, 0.1) is 0 Å². The standard InChI is InChI=1S/C10H18N4O2/c1-3-9(11)10(15)13-8-6-12-14(7-8)4-5-16-2/h6-7,9H,3-5,11H2,1-2H3,(H,13,15)/t9-/m1/s1. The molecule has 0 fully saturated rings. The molecular weight excluding hydrogens is 208 g/mol. The van der Waals surface area contributed by atoms with Crippen molar-refractivity contribution in [3.63, 3.8) is 0 Å². The summed E-state index contributed by atoms with van der Waals surface area (Å²) in [7, 11) is 1.63. The van der Waals surface area contributed by atoms with Crippen molar-refractivity contribution in [2.75, 3.05) is 19.0 Å². The van der Waals surface area contributed by atoms with Gasteiger partial charge in [-0.3, -0.25) is 9.48 Å². The molecule has 0 bridgehead atoms. The minimum absolute atomic E-state index is 0.186. The summed E-state index contributed by atoms with van der Waals surface area (Å²) < 4.78 is 6.63. The van der Waals surface area contributed by atoms with Crippen molar-refractivity contribution < 1.29 is 9.53 Å². The number of ether oxygens (including phenoxy) is 1. The molecule has 0 spiro atoms. The molecule has 16 heavy (non-hydrogen) atoms. The Kier molecular flexibility index (Phi) is 4.94. The topological polar surface area (TPSA) is 82.2 Å². The summed E-state index contributed by atoms with van der Waals surface area (Å²) in [4.78, 5) is 11.5. The van der Waals surface area contributed by atoms with E-state index in [4.69, 9.17) is 10.5 Å². The molecule has 1 aromatic heterocycles. The van der Waals surface area contributed by atoms with Gasteiger partial charge in [-0.15, -0.1) is 0 Å². The summed E-state index contributed by atoms with van der Waals surface area (Å²) in [6.45, 7) is 3.11. The van der Waals surface area contributed by atoms with Crippen LogP contribution < -0.4 is 11.1 Å². The van der Waals surface area contributed by atoms with Gasteiger partial charge in [-0.25, -0.2) is 0 Å². The number of nitrogens with two attached hydrogens (primary N) is 1. The van der Waals surface area contributed by atoms with E-state index in [2.05, 4.69) is 10.4 Å². The number of nitrogens with zero attached hydrogens (tertiary/aromatic N) is 2. The normalized spacial score (nSPS) is 12.4. The maximum absolute atomic E-state index is 11.5. The van der Waals surface area contributed by atoms with Gasteiger partial charge in [-0.05, 0) is 6.42 Å². The Labute approximate surface area is 94.8 Å². The number of nitrogens with one attached hydrogen (secondary N) is 1. The van der Waals surface area contributed by atoms with E-state index >= 15 is 0 Å². The first-order chi connectivity index (χ1) is 7.67. The van der Waals surface area contributed by atoms with Crippen LogP contribution in [0.1, 0.15) is 13.3 Å². The molecule has 1 atom stereocenters. The highest BCUT2D eigenvalue weighted by atomic mass is 16.5. The van der Waals surface area contributed by atoms with E-state index < -0.39 is 6.04 Å². The Morgan fingerprint density at radius 2 is 2.50 bits per heavy atom. The van der Waals surface area contributed by atoms with Crippen LogP contribution in [0.3, 0.4) is 0 Å². The van der Waals surface area contributed by atoms with Crippen LogP contribution in [0.2, 0.25) is 0 Å². The van der Waals surface area contributed by atoms with Gasteiger partial charge in [0.1, 0.15) is 0 Å². The van der Waals surface area contributed by atoms with Crippen molar-refractivity contribution in [3.8, 4) is 0 Å². The molecule has 1 amide bonds. The zero-order valence-corrected chi connectivity index (χ0v) is 9.64. The van der Waals surface area contributed by atoms with Gasteiger partial charge in [-0.2, -0.15) is 5.10 Å². The third kappa shape index (κ3) is 3.63. The van der Waals surface area contributed by atoms with Gasteiger partial charge in [0.15, 0.2) is 0 Å². The second-order valence-corrected chi connectivity index (χ2v) is 3.49. The van der Waals surface area contributed by atoms with Crippen LogP contribution in [-0.4, -0.2) is 35.4 Å². The van der Waals surface area contributed by atoms with E-state index in [0.717, 1.165) is 0 Å². The lowest BCUT2D eigenvalue weighted by molar-refractivity contribution is -0.117. The van der Waals surface area contributed by atoms with E-state index in [1.54, 1.807) is 24.2 Å². The number of carbonyl (C=O) groups is 1. The first kappa shape index (κ1) is 12.7. The first-order valence-corrected chi connectivity index (χ1v) is 5.25. The Balaban J connectivity index is 2.48. The van der Waals surface area contributed by atoms with E-state index in [9.17, 15) is 4.79 Å². The molecule has 0 radical (unpaired) electrons. The van der Waals surface area contributed by atoms with Crippen molar-refractivity contribution in [1.82, 2.24) is 9.78 Å². The fraction of sp³-hybridized carbons (Fsp3) is 0.600. The first-order valence-electron chi connectivity index (χ1n) is 5.25. The smallest absolute Gasteiger partial charge is 0.241 e. The largest absolute Gasteiger partial charge is 0.383 e. The van der Waals surface area contributed by atoms with Gasteiger partial charge in [0.25, 0.3) is 0 Å². The molecule has 1 aromatic rings. The minimum atomic E-state index is -0.470. The minimum Gasteiger partial charge on any atom is -0.383 e. The molecule has 90 valence electrons. The number of methoxy groups -OCH3 is 1. The van der Waals surface area contributed by atoms with Crippen molar-refractivity contribution in [2.24, 2.45) is 5.73 Å². The molecule has 0 aliphatic carbocycles. The van der Waals surface area contributed by atoms with Crippen LogP contribution in [0.5, 0.6) is 0 Å². The third-order valence-electron chi connectivity index (χ3n) is 2.20. The average Bonchev–Trinajstić information content (AvgIpc) is 2.72. The number of aromatic nitrogens is 2. The maximum atomic E-state index is 11.5. The van der Waals surface area contributed by atoms with E-state index in [1.165, 1.54) is 0 Å². The van der Waals surface area contributed by atoms with Crippen LogP contribution >= 0.6 is 0 Å². The number of carbonyl (C=O) groups excluding carboxylic acids is 1. The van der Waals surface area contributed by atoms with E-state index in [1.807, 2.05) is 6.92 Å². The Morgan fingerprint density at radius 1 is 1.75 bits per heavy atom. The predicted octanol–water partition coefficient (Wildman–Crippen LogP) is 0.205. The predicted molar refractivity (Wildman–Crippen MR) is 61.0 cm³/mol. The second-order valence-electron chi connectivity index (χ2n) is 3.49. The monoisotopic (exact) mass is 226 g/mol. The van der Waals surface area contributed by atoms with Gasteiger partial charge in [0.05, 0.1) is 31.1 Å². The average molecular weight is 226 g/mol. The van der Waals surface area contributed by atoms with Gasteiger partial charge < -0.3 is 15.8 Å². The Morgan fingerprint density at radius 3 is 3.12 bits per heavy atom. The molecule has 0 aromatic carbocycles. The maximum Gasteiger partial charge on any atom is 0.241 e. The van der Waals surface area contributed by atoms with Crippen LogP contribution in [0.4, 0.5) is 5.69 Å². The van der Waals surface area contributed by atoms with E-state index in [-0.39, 0.29) is 5.91 Å². The third-order valence-corrected chi connectivity index (χ3v) is 2.20. The van der Waals surface area contributed by atoms with Crippen molar-refractivity contribution in [1.29, 1.82) is 0 Å². The molecule has 1 heterocycles. The molecule has 1 rings (SSSR count). The van der Waals surface area contributed by atoms with Crippen LogP contribution in [0.15, 0.2) is 12.4 Å².